The monoisotopic (exact) mass is 88.1 g/mol. The molecule has 0 amide bonds. The van der Waals surface area contributed by atoms with Crippen LogP contribution in [0.2, 0.25) is 0 Å². The molecule has 0 aromatic carbocycles. The van der Waals surface area contributed by atoms with Crippen LogP contribution < -0.4 is 0 Å². The summed E-state index contributed by atoms with van der Waals surface area (Å²) in [5.41, 5.74) is 0. The average Bonchev–Trinajstić information content (AvgIpc) is 1.39. The van der Waals surface area contributed by atoms with Gasteiger partial charge in [-0.05, 0) is 0 Å². The first-order chi connectivity index (χ1) is 2.83. The van der Waals surface area contributed by atoms with E-state index in [9.17, 15) is 0 Å². The largest absolute Gasteiger partial charge is 0.516 e. The highest BCUT2D eigenvalue weighted by atomic mass is 16.2. The van der Waals surface area contributed by atoms with Crippen molar-refractivity contribution in [2.75, 3.05) is 0 Å². The summed E-state index contributed by atoms with van der Waals surface area (Å²) in [5, 5.41) is 7.33. The molecule has 0 spiro atoms. The first-order valence-corrected chi connectivity index (χ1v) is 2.08. The van der Waals surface area contributed by atoms with Crippen molar-refractivity contribution in [1.29, 1.82) is 0 Å². The van der Waals surface area contributed by atoms with Gasteiger partial charge in [0.15, 0.2) is 0 Å². The van der Waals surface area contributed by atoms with Crippen LogP contribution in [-0.2, 0) is 0 Å². The molecule has 38 valence electrons. The Labute approximate surface area is 39.3 Å². The van der Waals surface area contributed by atoms with Gasteiger partial charge in [0.05, 0.1) is 6.26 Å². The van der Waals surface area contributed by atoms with E-state index in [1.165, 1.54) is 6.42 Å². The Bertz CT molecular complexity index is 17.9. The lowest BCUT2D eigenvalue weighted by atomic mass is 10.6. The van der Waals surface area contributed by atoms with Gasteiger partial charge in [0.25, 0.3) is 0 Å². The van der Waals surface area contributed by atoms with Crippen LogP contribution >= 0.6 is 0 Å². The minimum absolute atomic E-state index is 0.750. The Kier molecular flexibility index (Phi) is 36.4. The fourth-order valence-corrected chi connectivity index (χ4v) is 0. The normalized spacial score (nSPS) is 5.00. The highest BCUT2D eigenvalue weighted by Gasteiger charge is 1.35. The number of hydrogen-bond acceptors (Lipinski definition) is 1. The fourth-order valence-electron chi connectivity index (χ4n) is 0. The lowest BCUT2D eigenvalue weighted by Crippen LogP contribution is -1.27. The van der Waals surface area contributed by atoms with Crippen LogP contribution in [0.3, 0.4) is 0 Å². The topological polar surface area (TPSA) is 20.2 Å². The highest BCUT2D eigenvalue weighted by Crippen LogP contribution is 1.56. The van der Waals surface area contributed by atoms with Crippen molar-refractivity contribution in [2.24, 2.45) is 0 Å². The van der Waals surface area contributed by atoms with Crippen LogP contribution in [0.1, 0.15) is 20.3 Å². The van der Waals surface area contributed by atoms with Crippen molar-refractivity contribution in [3.05, 3.63) is 12.8 Å². The van der Waals surface area contributed by atoms with E-state index in [0.29, 0.717) is 0 Å². The Morgan fingerprint density at radius 3 is 1.67 bits per heavy atom. The molecule has 0 heterocycles. The average molecular weight is 88.1 g/mol. The molecule has 0 aromatic heterocycles. The molecule has 1 heteroatoms. The number of aliphatic hydroxyl groups is 1. The van der Waals surface area contributed by atoms with Crippen molar-refractivity contribution in [3.8, 4) is 0 Å². The minimum atomic E-state index is 0.750. The Morgan fingerprint density at radius 2 is 1.67 bits per heavy atom. The summed E-state index contributed by atoms with van der Waals surface area (Å²) < 4.78 is 0. The van der Waals surface area contributed by atoms with Crippen molar-refractivity contribution >= 4 is 0 Å². The molecule has 0 unspecified atom stereocenters. The van der Waals surface area contributed by atoms with E-state index >= 15 is 0 Å². The van der Waals surface area contributed by atoms with E-state index in [2.05, 4.69) is 20.4 Å². The van der Waals surface area contributed by atoms with E-state index in [0.717, 1.165) is 6.26 Å². The van der Waals surface area contributed by atoms with Crippen molar-refractivity contribution in [1.82, 2.24) is 0 Å². The van der Waals surface area contributed by atoms with Gasteiger partial charge in [-0.15, -0.1) is 0 Å². The summed E-state index contributed by atoms with van der Waals surface area (Å²) in [6, 6.07) is 0. The Balaban J connectivity index is 0. The van der Waals surface area contributed by atoms with Gasteiger partial charge in [-0.25, -0.2) is 0 Å². The summed E-state index contributed by atoms with van der Waals surface area (Å²) in [6.45, 7) is 7.17. The van der Waals surface area contributed by atoms with Crippen LogP contribution in [0.5, 0.6) is 0 Å². The molecule has 0 saturated carbocycles. The maximum atomic E-state index is 7.33. The fraction of sp³-hybridized carbons (Fsp3) is 0.600. The standard InChI is InChI=1S/C3H8.C2H4O/c1-3-2;1-2-3/h3H2,1-2H3;2-3H,1H2. The zero-order valence-electron chi connectivity index (χ0n) is 4.44. The molecule has 0 fully saturated rings. The number of rotatable bonds is 0. The smallest absolute Gasteiger partial charge is 0.0719 e. The molecule has 0 aliphatic carbocycles. The SMILES string of the molecule is C=CO.CCC. The van der Waals surface area contributed by atoms with Gasteiger partial charge in [0, 0.05) is 0 Å². The molecule has 0 radical (unpaired) electrons. The molecular formula is C5H12O. The van der Waals surface area contributed by atoms with Crippen molar-refractivity contribution in [3.63, 3.8) is 0 Å². The molecule has 0 aromatic rings. The van der Waals surface area contributed by atoms with E-state index in [1.54, 1.807) is 0 Å². The van der Waals surface area contributed by atoms with E-state index in [4.69, 9.17) is 5.11 Å². The molecule has 0 atom stereocenters. The zero-order chi connectivity index (χ0) is 5.41. The molecule has 0 saturated heterocycles. The predicted octanol–water partition coefficient (Wildman–Crippen LogP) is 2.10. The summed E-state index contributed by atoms with van der Waals surface area (Å²) in [4.78, 5) is 0. The van der Waals surface area contributed by atoms with Crippen LogP contribution in [0.4, 0.5) is 0 Å². The van der Waals surface area contributed by atoms with Gasteiger partial charge in [-0.3, -0.25) is 0 Å². The predicted molar refractivity (Wildman–Crippen MR) is 28.8 cm³/mol. The summed E-state index contributed by atoms with van der Waals surface area (Å²) in [6.07, 6.45) is 2.00. The molecule has 0 aliphatic heterocycles. The number of aliphatic hydroxyl groups excluding tert-OH is 1. The third-order valence-corrected chi connectivity index (χ3v) is 0. The van der Waals surface area contributed by atoms with Crippen LogP contribution in [0, 0.1) is 0 Å². The molecule has 0 rings (SSSR count). The maximum Gasteiger partial charge on any atom is 0.0719 e. The number of hydrogen-bond donors (Lipinski definition) is 1. The first kappa shape index (κ1) is 9.11. The second kappa shape index (κ2) is 24.0. The highest BCUT2D eigenvalue weighted by molar-refractivity contribution is 4.38. The third kappa shape index (κ3) is 108. The molecule has 0 bridgehead atoms. The van der Waals surface area contributed by atoms with Gasteiger partial charge in [0.2, 0.25) is 0 Å². The van der Waals surface area contributed by atoms with E-state index in [-0.39, 0.29) is 0 Å². The summed E-state index contributed by atoms with van der Waals surface area (Å²) >= 11 is 0. The van der Waals surface area contributed by atoms with Gasteiger partial charge < -0.3 is 5.11 Å². The molecule has 1 N–H and O–H groups in total. The van der Waals surface area contributed by atoms with Crippen LogP contribution in [0.15, 0.2) is 12.8 Å². The lowest BCUT2D eigenvalue weighted by Gasteiger charge is -1.48. The summed E-state index contributed by atoms with van der Waals surface area (Å²) in [5.74, 6) is 0. The van der Waals surface area contributed by atoms with Crippen molar-refractivity contribution < 1.29 is 5.11 Å². The van der Waals surface area contributed by atoms with Gasteiger partial charge in [0.1, 0.15) is 0 Å². The van der Waals surface area contributed by atoms with Gasteiger partial charge >= 0.3 is 0 Å². The molecule has 6 heavy (non-hydrogen) atoms. The van der Waals surface area contributed by atoms with E-state index < -0.39 is 0 Å². The second-order valence-electron chi connectivity index (χ2n) is 0.890. The second-order valence-corrected chi connectivity index (χ2v) is 0.890. The Morgan fingerprint density at radius 1 is 1.67 bits per heavy atom. The zero-order valence-corrected chi connectivity index (χ0v) is 4.44. The van der Waals surface area contributed by atoms with Gasteiger partial charge in [-0.2, -0.15) is 0 Å². The Hall–Kier alpha value is -0.460. The third-order valence-electron chi connectivity index (χ3n) is 0. The minimum Gasteiger partial charge on any atom is -0.516 e. The van der Waals surface area contributed by atoms with E-state index in [1.807, 2.05) is 0 Å². The quantitative estimate of drug-likeness (QED) is 0.449. The lowest BCUT2D eigenvalue weighted by molar-refractivity contribution is 0.476. The first-order valence-electron chi connectivity index (χ1n) is 2.08. The molecule has 0 aliphatic rings. The van der Waals surface area contributed by atoms with Crippen LogP contribution in [-0.4, -0.2) is 5.11 Å². The molecule has 1 nitrogen and oxygen atoms in total. The molecular weight excluding hydrogens is 76.1 g/mol. The van der Waals surface area contributed by atoms with Crippen LogP contribution in [0.25, 0.3) is 0 Å². The van der Waals surface area contributed by atoms with Gasteiger partial charge in [-0.1, -0.05) is 26.8 Å². The van der Waals surface area contributed by atoms with Crippen molar-refractivity contribution in [2.45, 2.75) is 20.3 Å². The summed E-state index contributed by atoms with van der Waals surface area (Å²) in [7, 11) is 0. The maximum absolute atomic E-state index is 7.33.